The lowest BCUT2D eigenvalue weighted by Crippen LogP contribution is -2.43. The molecule has 1 aliphatic rings. The molecular formula is C13H14BrN3OS. The summed E-state index contributed by atoms with van der Waals surface area (Å²) in [5, 5.41) is 4.00. The number of benzene rings is 1. The maximum absolute atomic E-state index is 6.15. The lowest BCUT2D eigenvalue weighted by atomic mass is 9.78. The van der Waals surface area contributed by atoms with Crippen molar-refractivity contribution in [2.45, 2.75) is 35.4 Å². The Labute approximate surface area is 124 Å². The van der Waals surface area contributed by atoms with Gasteiger partial charge in [0.2, 0.25) is 5.89 Å². The normalized spacial score (nSPS) is 17.2. The maximum atomic E-state index is 6.15. The number of aromatic nitrogens is 2. The molecule has 2 N–H and O–H groups in total. The van der Waals surface area contributed by atoms with E-state index in [1.807, 2.05) is 12.1 Å². The van der Waals surface area contributed by atoms with E-state index in [0.717, 1.165) is 23.7 Å². The Kier molecular flexibility index (Phi) is 3.64. The van der Waals surface area contributed by atoms with Gasteiger partial charge < -0.3 is 10.3 Å². The highest BCUT2D eigenvalue weighted by Crippen LogP contribution is 2.37. The third-order valence-electron chi connectivity index (χ3n) is 3.32. The zero-order valence-electron chi connectivity index (χ0n) is 10.3. The molecule has 0 amide bonds. The van der Waals surface area contributed by atoms with E-state index in [4.69, 9.17) is 10.3 Å². The van der Waals surface area contributed by atoms with E-state index < -0.39 is 0 Å². The molecule has 1 aromatic carbocycles. The molecular weight excluding hydrogens is 326 g/mol. The first-order chi connectivity index (χ1) is 9.16. The summed E-state index contributed by atoms with van der Waals surface area (Å²) in [6, 6.07) is 8.17. The van der Waals surface area contributed by atoms with Crippen molar-refractivity contribution in [2.75, 3.05) is 0 Å². The van der Waals surface area contributed by atoms with Crippen molar-refractivity contribution in [2.24, 2.45) is 5.73 Å². The molecule has 4 nitrogen and oxygen atoms in total. The molecule has 0 bridgehead atoms. The summed E-state index contributed by atoms with van der Waals surface area (Å²) >= 11 is 5.10. The van der Waals surface area contributed by atoms with Gasteiger partial charge in [0.15, 0.2) is 5.82 Å². The van der Waals surface area contributed by atoms with Gasteiger partial charge in [0, 0.05) is 9.37 Å². The Morgan fingerprint density at radius 1 is 1.32 bits per heavy atom. The van der Waals surface area contributed by atoms with Crippen molar-refractivity contribution in [1.82, 2.24) is 10.1 Å². The molecule has 0 unspecified atom stereocenters. The van der Waals surface area contributed by atoms with Crippen molar-refractivity contribution < 1.29 is 4.52 Å². The van der Waals surface area contributed by atoms with Crippen molar-refractivity contribution >= 4 is 27.7 Å². The van der Waals surface area contributed by atoms with Crippen LogP contribution in [-0.2, 0) is 11.3 Å². The standard InChI is InChI=1S/C13H14BrN3OS/c14-9-2-4-10(5-3-9)19-8-11-16-12(18-17-11)13(15)6-1-7-13/h2-5H,1,6-8,15H2. The second kappa shape index (κ2) is 5.26. The predicted octanol–water partition coefficient (Wildman–Crippen LogP) is 3.46. The number of rotatable bonds is 4. The molecule has 19 heavy (non-hydrogen) atoms. The van der Waals surface area contributed by atoms with E-state index in [0.29, 0.717) is 17.5 Å². The number of nitrogens with two attached hydrogens (primary N) is 1. The fourth-order valence-electron chi connectivity index (χ4n) is 1.97. The number of hydrogen-bond donors (Lipinski definition) is 1. The quantitative estimate of drug-likeness (QED) is 0.864. The number of halogens is 1. The van der Waals surface area contributed by atoms with E-state index in [1.54, 1.807) is 11.8 Å². The van der Waals surface area contributed by atoms with Gasteiger partial charge in [-0.1, -0.05) is 21.1 Å². The average Bonchev–Trinajstić information content (AvgIpc) is 2.84. The highest BCUT2D eigenvalue weighted by molar-refractivity contribution is 9.10. The fraction of sp³-hybridized carbons (Fsp3) is 0.385. The molecule has 1 saturated carbocycles. The van der Waals surface area contributed by atoms with Gasteiger partial charge in [-0.25, -0.2) is 0 Å². The smallest absolute Gasteiger partial charge is 0.246 e. The second-order valence-electron chi connectivity index (χ2n) is 4.77. The van der Waals surface area contributed by atoms with Gasteiger partial charge in [-0.15, -0.1) is 11.8 Å². The Hall–Kier alpha value is -0.850. The van der Waals surface area contributed by atoms with Gasteiger partial charge in [-0.05, 0) is 43.5 Å². The molecule has 0 aliphatic heterocycles. The molecule has 1 heterocycles. The summed E-state index contributed by atoms with van der Waals surface area (Å²) in [6.07, 6.45) is 3.02. The van der Waals surface area contributed by atoms with Gasteiger partial charge in [-0.3, -0.25) is 0 Å². The SMILES string of the molecule is NC1(c2nc(CSc3ccc(Br)cc3)no2)CCC1. The molecule has 0 spiro atoms. The first-order valence-electron chi connectivity index (χ1n) is 6.16. The zero-order chi connectivity index (χ0) is 13.3. The second-order valence-corrected chi connectivity index (χ2v) is 6.73. The van der Waals surface area contributed by atoms with Crippen molar-refractivity contribution in [3.8, 4) is 0 Å². The lowest BCUT2D eigenvalue weighted by molar-refractivity contribution is 0.181. The third kappa shape index (κ3) is 2.85. The van der Waals surface area contributed by atoms with Gasteiger partial charge in [-0.2, -0.15) is 4.98 Å². The molecule has 1 aliphatic carbocycles. The summed E-state index contributed by atoms with van der Waals surface area (Å²) in [5.74, 6) is 1.99. The largest absolute Gasteiger partial charge is 0.337 e. The highest BCUT2D eigenvalue weighted by Gasteiger charge is 2.39. The summed E-state index contributed by atoms with van der Waals surface area (Å²) in [7, 11) is 0. The monoisotopic (exact) mass is 339 g/mol. The van der Waals surface area contributed by atoms with E-state index in [-0.39, 0.29) is 5.54 Å². The molecule has 100 valence electrons. The Morgan fingerprint density at radius 3 is 2.68 bits per heavy atom. The third-order valence-corrected chi connectivity index (χ3v) is 4.86. The van der Waals surface area contributed by atoms with E-state index >= 15 is 0 Å². The van der Waals surface area contributed by atoms with Crippen molar-refractivity contribution in [1.29, 1.82) is 0 Å². The lowest BCUT2D eigenvalue weighted by Gasteiger charge is -2.33. The topological polar surface area (TPSA) is 64.9 Å². The number of nitrogens with zero attached hydrogens (tertiary/aromatic N) is 2. The van der Waals surface area contributed by atoms with Crippen LogP contribution in [0, 0.1) is 0 Å². The van der Waals surface area contributed by atoms with Crippen LogP contribution in [-0.4, -0.2) is 10.1 Å². The highest BCUT2D eigenvalue weighted by atomic mass is 79.9. The Balaban J connectivity index is 1.63. The minimum absolute atomic E-state index is 0.368. The summed E-state index contributed by atoms with van der Waals surface area (Å²) in [4.78, 5) is 5.58. The van der Waals surface area contributed by atoms with Crippen LogP contribution < -0.4 is 5.73 Å². The van der Waals surface area contributed by atoms with Crippen molar-refractivity contribution in [3.05, 3.63) is 40.5 Å². The minimum atomic E-state index is -0.368. The molecule has 2 aromatic rings. The maximum Gasteiger partial charge on any atom is 0.246 e. The van der Waals surface area contributed by atoms with Gasteiger partial charge in [0.05, 0.1) is 11.3 Å². The van der Waals surface area contributed by atoms with Crippen LogP contribution in [0.3, 0.4) is 0 Å². The van der Waals surface area contributed by atoms with Crippen LogP contribution in [0.5, 0.6) is 0 Å². The van der Waals surface area contributed by atoms with Crippen LogP contribution in [0.4, 0.5) is 0 Å². The van der Waals surface area contributed by atoms with E-state index in [1.165, 1.54) is 4.90 Å². The van der Waals surface area contributed by atoms with Crippen LogP contribution >= 0.6 is 27.7 Å². The first kappa shape index (κ1) is 13.1. The zero-order valence-corrected chi connectivity index (χ0v) is 12.7. The molecule has 1 aromatic heterocycles. The Morgan fingerprint density at radius 2 is 2.05 bits per heavy atom. The first-order valence-corrected chi connectivity index (χ1v) is 7.94. The molecule has 0 saturated heterocycles. The van der Waals surface area contributed by atoms with Crippen LogP contribution in [0.15, 0.2) is 38.2 Å². The van der Waals surface area contributed by atoms with Gasteiger partial charge in [0.25, 0.3) is 0 Å². The number of hydrogen-bond acceptors (Lipinski definition) is 5. The minimum Gasteiger partial charge on any atom is -0.337 e. The van der Waals surface area contributed by atoms with E-state index in [9.17, 15) is 0 Å². The molecule has 0 radical (unpaired) electrons. The molecule has 0 atom stereocenters. The summed E-state index contributed by atoms with van der Waals surface area (Å²) in [6.45, 7) is 0. The average molecular weight is 340 g/mol. The Bertz CT molecular complexity index is 566. The molecule has 3 rings (SSSR count). The van der Waals surface area contributed by atoms with Crippen LogP contribution in [0.1, 0.15) is 31.0 Å². The van der Waals surface area contributed by atoms with Gasteiger partial charge >= 0.3 is 0 Å². The summed E-state index contributed by atoms with van der Waals surface area (Å²) in [5.41, 5.74) is 5.79. The number of thioether (sulfide) groups is 1. The predicted molar refractivity (Wildman–Crippen MR) is 77.7 cm³/mol. The van der Waals surface area contributed by atoms with Crippen LogP contribution in [0.25, 0.3) is 0 Å². The summed E-state index contributed by atoms with van der Waals surface area (Å²) < 4.78 is 6.35. The fourth-order valence-corrected chi connectivity index (χ4v) is 2.97. The van der Waals surface area contributed by atoms with Crippen LogP contribution in [0.2, 0.25) is 0 Å². The molecule has 6 heteroatoms. The molecule has 1 fully saturated rings. The van der Waals surface area contributed by atoms with Crippen molar-refractivity contribution in [3.63, 3.8) is 0 Å². The van der Waals surface area contributed by atoms with Gasteiger partial charge in [0.1, 0.15) is 0 Å². The van der Waals surface area contributed by atoms with E-state index in [2.05, 4.69) is 38.2 Å².